The van der Waals surface area contributed by atoms with Gasteiger partial charge in [-0.2, -0.15) is 0 Å². The Morgan fingerprint density at radius 1 is 1.13 bits per heavy atom. The number of imidazole rings is 1. The van der Waals surface area contributed by atoms with E-state index in [1.807, 2.05) is 29.8 Å². The van der Waals surface area contributed by atoms with Crippen LogP contribution in [0.15, 0.2) is 55.0 Å². The molecular weight excluding hydrogens is 402 g/mol. The van der Waals surface area contributed by atoms with Gasteiger partial charge in [-0.25, -0.2) is 9.97 Å². The summed E-state index contributed by atoms with van der Waals surface area (Å²) in [6, 6.07) is 10.7. The Kier molecular flexibility index (Phi) is 5.62. The van der Waals surface area contributed by atoms with E-state index in [-0.39, 0.29) is 29.4 Å². The van der Waals surface area contributed by atoms with E-state index in [0.717, 1.165) is 34.5 Å². The number of imide groups is 1. The van der Waals surface area contributed by atoms with Crippen molar-refractivity contribution in [1.82, 2.24) is 24.8 Å². The quantitative estimate of drug-likeness (QED) is 0.657. The fourth-order valence-electron chi connectivity index (χ4n) is 3.13. The summed E-state index contributed by atoms with van der Waals surface area (Å²) in [5.74, 6) is 1.29. The number of amides is 3. The van der Waals surface area contributed by atoms with E-state index < -0.39 is 0 Å². The minimum absolute atomic E-state index is 0.170. The maximum atomic E-state index is 12.6. The largest absolute Gasteiger partial charge is 0.348 e. The summed E-state index contributed by atoms with van der Waals surface area (Å²) >= 11 is 0.997. The number of nitrogens with zero attached hydrogens (tertiary/aromatic N) is 4. The third-order valence-electron chi connectivity index (χ3n) is 4.71. The van der Waals surface area contributed by atoms with E-state index in [0.29, 0.717) is 12.1 Å². The van der Waals surface area contributed by atoms with Crippen LogP contribution in [-0.2, 0) is 17.9 Å². The van der Waals surface area contributed by atoms with Gasteiger partial charge in [-0.05, 0) is 42.3 Å². The van der Waals surface area contributed by atoms with E-state index >= 15 is 0 Å². The average Bonchev–Trinajstić information content (AvgIpc) is 3.32. The molecule has 0 saturated carbocycles. The van der Waals surface area contributed by atoms with Crippen LogP contribution in [0.2, 0.25) is 0 Å². The predicted molar refractivity (Wildman–Crippen MR) is 112 cm³/mol. The lowest BCUT2D eigenvalue weighted by Crippen LogP contribution is -2.28. The van der Waals surface area contributed by atoms with Crippen LogP contribution in [0, 0.1) is 6.92 Å². The van der Waals surface area contributed by atoms with Gasteiger partial charge < -0.3 is 5.32 Å². The van der Waals surface area contributed by atoms with Crippen molar-refractivity contribution in [2.75, 3.05) is 5.75 Å². The van der Waals surface area contributed by atoms with Gasteiger partial charge in [0.1, 0.15) is 11.6 Å². The first-order chi connectivity index (χ1) is 14.5. The summed E-state index contributed by atoms with van der Waals surface area (Å²) < 4.78 is 1.87. The minimum atomic E-state index is -0.253. The Bertz CT molecular complexity index is 1110. The molecule has 0 spiro atoms. The van der Waals surface area contributed by atoms with E-state index in [1.54, 1.807) is 36.7 Å². The number of hydrogen-bond acceptors (Lipinski definition) is 6. The van der Waals surface area contributed by atoms with Crippen molar-refractivity contribution in [3.05, 3.63) is 77.5 Å². The number of aryl methyl sites for hydroxylation is 1. The number of aromatic nitrogens is 3. The monoisotopic (exact) mass is 421 g/mol. The summed E-state index contributed by atoms with van der Waals surface area (Å²) in [7, 11) is 0. The van der Waals surface area contributed by atoms with Gasteiger partial charge in [0.2, 0.25) is 5.91 Å². The molecule has 1 aromatic carbocycles. The molecule has 3 aromatic rings. The van der Waals surface area contributed by atoms with Crippen molar-refractivity contribution in [3.63, 3.8) is 0 Å². The molecule has 0 radical (unpaired) electrons. The average molecular weight is 421 g/mol. The zero-order valence-corrected chi connectivity index (χ0v) is 17.1. The third kappa shape index (κ3) is 4.25. The van der Waals surface area contributed by atoms with Crippen LogP contribution in [-0.4, -0.2) is 42.2 Å². The van der Waals surface area contributed by atoms with Crippen LogP contribution in [0.1, 0.15) is 27.3 Å². The molecule has 0 unspecified atom stereocenters. The van der Waals surface area contributed by atoms with Gasteiger partial charge in [0, 0.05) is 30.7 Å². The van der Waals surface area contributed by atoms with E-state index in [1.165, 1.54) is 4.90 Å². The molecule has 0 aliphatic carbocycles. The number of carbonyl (C=O) groups excluding carboxylic acids is 3. The molecular formula is C21H19N5O3S. The maximum Gasteiger partial charge on any atom is 0.289 e. The van der Waals surface area contributed by atoms with Gasteiger partial charge in [0.15, 0.2) is 0 Å². The van der Waals surface area contributed by atoms with Gasteiger partial charge in [0.05, 0.1) is 12.3 Å². The second kappa shape index (κ2) is 8.50. The van der Waals surface area contributed by atoms with E-state index in [2.05, 4.69) is 15.3 Å². The molecule has 9 heteroatoms. The maximum absolute atomic E-state index is 12.6. The number of hydrogen-bond donors (Lipinski definition) is 1. The molecule has 8 nitrogen and oxygen atoms in total. The first-order valence-electron chi connectivity index (χ1n) is 9.31. The van der Waals surface area contributed by atoms with Gasteiger partial charge in [-0.3, -0.25) is 23.9 Å². The summed E-state index contributed by atoms with van der Waals surface area (Å²) in [6.45, 7) is 2.40. The molecule has 152 valence electrons. The lowest BCUT2D eigenvalue weighted by molar-refractivity contribution is -0.125. The van der Waals surface area contributed by atoms with Crippen molar-refractivity contribution >= 4 is 28.8 Å². The molecule has 0 atom stereocenters. The highest BCUT2D eigenvalue weighted by Gasteiger charge is 2.29. The zero-order valence-electron chi connectivity index (χ0n) is 16.2. The second-order valence-electron chi connectivity index (χ2n) is 6.78. The van der Waals surface area contributed by atoms with Crippen molar-refractivity contribution in [3.8, 4) is 5.82 Å². The summed E-state index contributed by atoms with van der Waals surface area (Å²) in [6.07, 6.45) is 5.24. The van der Waals surface area contributed by atoms with Gasteiger partial charge in [-0.1, -0.05) is 23.9 Å². The number of nitrogens with one attached hydrogen (secondary N) is 1. The van der Waals surface area contributed by atoms with Crippen molar-refractivity contribution < 1.29 is 14.4 Å². The highest BCUT2D eigenvalue weighted by molar-refractivity contribution is 8.14. The first-order valence-corrected chi connectivity index (χ1v) is 10.3. The van der Waals surface area contributed by atoms with E-state index in [9.17, 15) is 14.4 Å². The normalized spacial score (nSPS) is 13.7. The standard InChI is InChI=1S/C21H19N5O3S/c1-14-22-7-8-25(14)18-10-15(5-6-23-18)11-24-20(28)17-4-2-3-16(9-17)12-26-19(27)13-30-21(26)29/h2-10H,11-13H2,1H3,(H,24,28). The van der Waals surface area contributed by atoms with Crippen molar-refractivity contribution in [2.24, 2.45) is 0 Å². The predicted octanol–water partition coefficient (Wildman–Crippen LogP) is 2.70. The lowest BCUT2D eigenvalue weighted by atomic mass is 10.1. The van der Waals surface area contributed by atoms with Crippen molar-refractivity contribution in [1.29, 1.82) is 0 Å². The van der Waals surface area contributed by atoms with Crippen LogP contribution in [0.4, 0.5) is 4.79 Å². The molecule has 1 fully saturated rings. The fourth-order valence-corrected chi connectivity index (χ4v) is 3.86. The number of benzene rings is 1. The number of rotatable bonds is 6. The third-order valence-corrected chi connectivity index (χ3v) is 5.56. The Morgan fingerprint density at radius 2 is 2.00 bits per heavy atom. The fraction of sp³-hybridized carbons (Fsp3) is 0.190. The second-order valence-corrected chi connectivity index (χ2v) is 7.71. The lowest BCUT2D eigenvalue weighted by Gasteiger charge is -2.13. The molecule has 3 heterocycles. The van der Waals surface area contributed by atoms with Crippen LogP contribution >= 0.6 is 11.8 Å². The van der Waals surface area contributed by atoms with Crippen LogP contribution < -0.4 is 5.32 Å². The number of thioether (sulfide) groups is 1. The van der Waals surface area contributed by atoms with Crippen LogP contribution in [0.25, 0.3) is 5.82 Å². The Hall–Kier alpha value is -3.46. The molecule has 0 bridgehead atoms. The summed E-state index contributed by atoms with van der Waals surface area (Å²) in [5, 5.41) is 2.64. The van der Waals surface area contributed by atoms with Gasteiger partial charge in [-0.15, -0.1) is 0 Å². The molecule has 1 aliphatic heterocycles. The molecule has 1 saturated heterocycles. The Morgan fingerprint density at radius 3 is 2.73 bits per heavy atom. The molecule has 2 aromatic heterocycles. The van der Waals surface area contributed by atoms with Gasteiger partial charge in [0.25, 0.3) is 11.1 Å². The number of pyridine rings is 1. The SMILES string of the molecule is Cc1nccn1-c1cc(CNC(=O)c2cccc(CN3C(=O)CSC3=O)c2)ccn1. The Labute approximate surface area is 177 Å². The van der Waals surface area contributed by atoms with Crippen LogP contribution in [0.5, 0.6) is 0 Å². The zero-order chi connectivity index (χ0) is 21.1. The minimum Gasteiger partial charge on any atom is -0.348 e. The molecule has 1 aliphatic rings. The van der Waals surface area contributed by atoms with Crippen LogP contribution in [0.3, 0.4) is 0 Å². The molecule has 30 heavy (non-hydrogen) atoms. The van der Waals surface area contributed by atoms with Gasteiger partial charge >= 0.3 is 0 Å². The number of carbonyl (C=O) groups is 3. The highest BCUT2D eigenvalue weighted by atomic mass is 32.2. The highest BCUT2D eigenvalue weighted by Crippen LogP contribution is 2.21. The summed E-state index contributed by atoms with van der Waals surface area (Å²) in [5.41, 5.74) is 2.11. The summed E-state index contributed by atoms with van der Waals surface area (Å²) in [4.78, 5) is 45.9. The molecule has 3 amide bonds. The molecule has 1 N–H and O–H groups in total. The smallest absolute Gasteiger partial charge is 0.289 e. The molecule has 4 rings (SSSR count). The van der Waals surface area contributed by atoms with Crippen molar-refractivity contribution in [2.45, 2.75) is 20.0 Å². The van der Waals surface area contributed by atoms with E-state index in [4.69, 9.17) is 0 Å². The first kappa shape index (κ1) is 19.8. The Balaban J connectivity index is 1.42. The topological polar surface area (TPSA) is 97.2 Å².